The van der Waals surface area contributed by atoms with Crippen molar-refractivity contribution in [1.82, 2.24) is 9.78 Å². The number of carbonyl (C=O) groups excluding carboxylic acids is 1. The zero-order valence-corrected chi connectivity index (χ0v) is 15.9. The summed E-state index contributed by atoms with van der Waals surface area (Å²) >= 11 is 0. The second kappa shape index (κ2) is 8.42. The van der Waals surface area contributed by atoms with Gasteiger partial charge in [0.2, 0.25) is 11.3 Å². The molecule has 0 radical (unpaired) electrons. The summed E-state index contributed by atoms with van der Waals surface area (Å²) in [7, 11) is 4.32. The Morgan fingerprint density at radius 1 is 0.966 bits per heavy atom. The lowest BCUT2D eigenvalue weighted by atomic mass is 10.2. The molecule has 0 bridgehead atoms. The third-order valence-corrected chi connectivity index (χ3v) is 4.03. The number of nitrogens with one attached hydrogen (secondary N) is 1. The maximum Gasteiger partial charge on any atom is 0.280 e. The highest BCUT2D eigenvalue weighted by Gasteiger charge is 2.18. The van der Waals surface area contributed by atoms with E-state index in [2.05, 4.69) is 10.4 Å². The maximum absolute atomic E-state index is 13.2. The summed E-state index contributed by atoms with van der Waals surface area (Å²) in [5, 5.41) is 6.70. The lowest BCUT2D eigenvalue weighted by Gasteiger charge is -2.13. The van der Waals surface area contributed by atoms with Crippen LogP contribution in [-0.2, 0) is 0 Å². The van der Waals surface area contributed by atoms with Crippen molar-refractivity contribution >= 4 is 11.6 Å². The van der Waals surface area contributed by atoms with Crippen molar-refractivity contribution in [2.75, 3.05) is 26.6 Å². The quantitative estimate of drug-likeness (QED) is 0.685. The van der Waals surface area contributed by atoms with E-state index in [-0.39, 0.29) is 11.6 Å². The van der Waals surface area contributed by atoms with E-state index in [0.29, 0.717) is 22.9 Å². The molecule has 0 aliphatic carbocycles. The van der Waals surface area contributed by atoms with Crippen molar-refractivity contribution in [3.8, 4) is 23.1 Å². The minimum atomic E-state index is -0.722. The molecule has 8 nitrogen and oxygen atoms in total. The van der Waals surface area contributed by atoms with E-state index in [9.17, 15) is 14.0 Å². The number of hydrogen-bond donors (Lipinski definition) is 1. The van der Waals surface area contributed by atoms with E-state index >= 15 is 0 Å². The van der Waals surface area contributed by atoms with Crippen LogP contribution in [0.25, 0.3) is 5.69 Å². The Bertz CT molecular complexity index is 1100. The van der Waals surface area contributed by atoms with Crippen molar-refractivity contribution in [2.45, 2.75) is 0 Å². The summed E-state index contributed by atoms with van der Waals surface area (Å²) < 4.78 is 30.0. The van der Waals surface area contributed by atoms with E-state index in [1.165, 1.54) is 50.3 Å². The SMILES string of the molecule is COc1ccc(NC(=O)c2nn(-c3ccc(F)cc3)c(OC)cc2=O)cc1OC. The average Bonchev–Trinajstić information content (AvgIpc) is 2.73. The normalized spacial score (nSPS) is 10.3. The molecule has 3 aromatic rings. The van der Waals surface area contributed by atoms with E-state index in [0.717, 1.165) is 6.07 Å². The van der Waals surface area contributed by atoms with Crippen molar-refractivity contribution in [2.24, 2.45) is 0 Å². The van der Waals surface area contributed by atoms with Gasteiger partial charge in [0.25, 0.3) is 5.91 Å². The van der Waals surface area contributed by atoms with Crippen LogP contribution in [-0.4, -0.2) is 37.0 Å². The molecular weight excluding hydrogens is 381 g/mol. The Balaban J connectivity index is 1.98. The van der Waals surface area contributed by atoms with Gasteiger partial charge < -0.3 is 19.5 Å². The standard InChI is InChI=1S/C20H18FN3O5/c1-27-16-9-6-13(10-17(16)28-2)22-20(26)19-15(25)11-18(29-3)24(23-19)14-7-4-12(21)5-8-14/h4-11H,1-3H3,(H,22,26). The average molecular weight is 399 g/mol. The molecule has 2 aromatic carbocycles. The summed E-state index contributed by atoms with van der Waals surface area (Å²) in [6.45, 7) is 0. The third-order valence-electron chi connectivity index (χ3n) is 4.03. The topological polar surface area (TPSA) is 91.7 Å². The molecule has 0 spiro atoms. The van der Waals surface area contributed by atoms with Crippen LogP contribution in [0.15, 0.2) is 53.3 Å². The highest BCUT2D eigenvalue weighted by Crippen LogP contribution is 2.29. The number of methoxy groups -OCH3 is 3. The van der Waals surface area contributed by atoms with Crippen molar-refractivity contribution in [1.29, 1.82) is 0 Å². The molecule has 1 aromatic heterocycles. The largest absolute Gasteiger partial charge is 0.493 e. The van der Waals surface area contributed by atoms with E-state index in [1.54, 1.807) is 18.2 Å². The predicted octanol–water partition coefficient (Wildman–Crippen LogP) is 2.65. The van der Waals surface area contributed by atoms with Gasteiger partial charge >= 0.3 is 0 Å². The number of benzene rings is 2. The zero-order chi connectivity index (χ0) is 21.0. The van der Waals surface area contributed by atoms with E-state index in [1.807, 2.05) is 0 Å². The second-order valence-electron chi connectivity index (χ2n) is 5.81. The molecule has 0 unspecified atom stereocenters. The summed E-state index contributed by atoms with van der Waals surface area (Å²) in [5.41, 5.74) is -0.176. The Kier molecular flexibility index (Phi) is 5.77. The first-order valence-corrected chi connectivity index (χ1v) is 8.44. The number of halogens is 1. The molecule has 0 aliphatic heterocycles. The van der Waals surface area contributed by atoms with Crippen LogP contribution < -0.4 is 25.0 Å². The molecule has 1 heterocycles. The molecule has 1 amide bonds. The molecule has 29 heavy (non-hydrogen) atoms. The van der Waals surface area contributed by atoms with Crippen LogP contribution in [0.5, 0.6) is 17.4 Å². The lowest BCUT2D eigenvalue weighted by Crippen LogP contribution is -2.26. The summed E-state index contributed by atoms with van der Waals surface area (Å²) in [4.78, 5) is 25.0. The minimum Gasteiger partial charge on any atom is -0.493 e. The van der Waals surface area contributed by atoms with Crippen molar-refractivity contribution < 1.29 is 23.4 Å². The molecule has 3 rings (SSSR count). The first-order chi connectivity index (χ1) is 14.0. The number of hydrogen-bond acceptors (Lipinski definition) is 6. The van der Waals surface area contributed by atoms with Gasteiger partial charge in [-0.25, -0.2) is 9.07 Å². The van der Waals surface area contributed by atoms with Gasteiger partial charge in [-0.1, -0.05) is 0 Å². The first kappa shape index (κ1) is 19.9. The number of carbonyl (C=O) groups is 1. The van der Waals surface area contributed by atoms with Crippen LogP contribution in [0.4, 0.5) is 10.1 Å². The molecular formula is C20H18FN3O5. The second-order valence-corrected chi connectivity index (χ2v) is 5.81. The molecule has 9 heteroatoms. The van der Waals surface area contributed by atoms with Gasteiger partial charge in [0.15, 0.2) is 17.2 Å². The van der Waals surface area contributed by atoms with Crippen LogP contribution in [0.1, 0.15) is 10.5 Å². The van der Waals surface area contributed by atoms with Crippen LogP contribution in [0, 0.1) is 5.82 Å². The Morgan fingerprint density at radius 3 is 2.28 bits per heavy atom. The molecule has 1 N–H and O–H groups in total. The van der Waals surface area contributed by atoms with Gasteiger partial charge in [-0.05, 0) is 36.4 Å². The fraction of sp³-hybridized carbons (Fsp3) is 0.150. The molecule has 0 aliphatic rings. The number of nitrogens with zero attached hydrogens (tertiary/aromatic N) is 2. The Morgan fingerprint density at radius 2 is 1.66 bits per heavy atom. The summed E-state index contributed by atoms with van der Waals surface area (Å²) in [6, 6.07) is 11.3. The smallest absolute Gasteiger partial charge is 0.280 e. The van der Waals surface area contributed by atoms with E-state index in [4.69, 9.17) is 14.2 Å². The van der Waals surface area contributed by atoms with Crippen LogP contribution in [0.3, 0.4) is 0 Å². The first-order valence-electron chi connectivity index (χ1n) is 8.44. The van der Waals surface area contributed by atoms with Gasteiger partial charge in [0, 0.05) is 11.8 Å². The van der Waals surface area contributed by atoms with Gasteiger partial charge in [0.05, 0.1) is 33.1 Å². The molecule has 0 fully saturated rings. The lowest BCUT2D eigenvalue weighted by molar-refractivity contribution is 0.101. The molecule has 0 saturated carbocycles. The highest BCUT2D eigenvalue weighted by atomic mass is 19.1. The van der Waals surface area contributed by atoms with E-state index < -0.39 is 17.2 Å². The maximum atomic E-state index is 13.2. The van der Waals surface area contributed by atoms with Gasteiger partial charge in [0.1, 0.15) is 5.82 Å². The van der Waals surface area contributed by atoms with Crippen LogP contribution in [0.2, 0.25) is 0 Å². The van der Waals surface area contributed by atoms with Crippen molar-refractivity contribution in [3.63, 3.8) is 0 Å². The molecule has 0 atom stereocenters. The number of rotatable bonds is 6. The number of aromatic nitrogens is 2. The third kappa shape index (κ3) is 4.18. The van der Waals surface area contributed by atoms with Crippen molar-refractivity contribution in [3.05, 3.63) is 70.3 Å². The van der Waals surface area contributed by atoms with Crippen LogP contribution >= 0.6 is 0 Å². The van der Waals surface area contributed by atoms with Gasteiger partial charge in [-0.2, -0.15) is 5.10 Å². The fourth-order valence-corrected chi connectivity index (χ4v) is 2.61. The summed E-state index contributed by atoms with van der Waals surface area (Å²) in [5.74, 6) is -0.145. The Labute approximate surface area is 165 Å². The van der Waals surface area contributed by atoms with Gasteiger partial charge in [-0.3, -0.25) is 9.59 Å². The molecule has 0 saturated heterocycles. The van der Waals surface area contributed by atoms with Gasteiger partial charge in [-0.15, -0.1) is 0 Å². The molecule has 150 valence electrons. The number of ether oxygens (including phenoxy) is 3. The minimum absolute atomic E-state index is 0.101. The zero-order valence-electron chi connectivity index (χ0n) is 15.9. The predicted molar refractivity (Wildman–Crippen MR) is 104 cm³/mol. The monoisotopic (exact) mass is 399 g/mol. The number of amides is 1. The fourth-order valence-electron chi connectivity index (χ4n) is 2.61. The summed E-state index contributed by atoms with van der Waals surface area (Å²) in [6.07, 6.45) is 0. The Hall–Kier alpha value is -3.88. The number of anilines is 1. The highest BCUT2D eigenvalue weighted by molar-refractivity contribution is 6.02.